The van der Waals surface area contributed by atoms with Gasteiger partial charge in [0.15, 0.2) is 0 Å². The maximum absolute atomic E-state index is 12.8. The van der Waals surface area contributed by atoms with Crippen molar-refractivity contribution in [3.63, 3.8) is 0 Å². The van der Waals surface area contributed by atoms with Crippen molar-refractivity contribution in [2.75, 3.05) is 19.4 Å². The number of rotatable bonds is 6. The van der Waals surface area contributed by atoms with E-state index in [9.17, 15) is 31.5 Å². The van der Waals surface area contributed by atoms with Gasteiger partial charge in [0.2, 0.25) is 15.6 Å². The van der Waals surface area contributed by atoms with E-state index < -0.39 is 27.7 Å². The summed E-state index contributed by atoms with van der Waals surface area (Å²) in [6.07, 6.45) is -5.15. The van der Waals surface area contributed by atoms with Crippen LogP contribution in [0.2, 0.25) is 5.02 Å². The highest BCUT2D eigenvalue weighted by atomic mass is 35.5. The van der Waals surface area contributed by atoms with Crippen LogP contribution >= 0.6 is 23.4 Å². The third kappa shape index (κ3) is 5.27. The van der Waals surface area contributed by atoms with E-state index in [0.29, 0.717) is 16.7 Å². The van der Waals surface area contributed by atoms with E-state index in [1.807, 2.05) is 5.32 Å². The zero-order chi connectivity index (χ0) is 22.9. The SMILES string of the molecule is CN(C)S(=O)(=O)c1ccc(Sc2ccc(NC(=O)C(C)(O)C(F)(F)F)c(Cl)c2)cc1. The molecule has 2 aromatic rings. The predicted octanol–water partition coefficient (Wildman–Crippen LogP) is 3.99. The van der Waals surface area contributed by atoms with Gasteiger partial charge in [-0.3, -0.25) is 4.79 Å². The number of benzene rings is 2. The molecular weight excluding hydrogens is 465 g/mol. The molecule has 12 heteroatoms. The van der Waals surface area contributed by atoms with E-state index in [1.165, 1.54) is 56.2 Å². The zero-order valence-electron chi connectivity index (χ0n) is 16.0. The number of aliphatic hydroxyl groups is 1. The molecule has 0 aliphatic carbocycles. The molecule has 2 rings (SSSR count). The second-order valence-electron chi connectivity index (χ2n) is 6.53. The highest BCUT2D eigenvalue weighted by molar-refractivity contribution is 7.99. The molecule has 2 aromatic carbocycles. The normalized spacial score (nSPS) is 14.4. The molecule has 6 nitrogen and oxygen atoms in total. The smallest absolute Gasteiger partial charge is 0.373 e. The molecule has 0 saturated heterocycles. The molecule has 0 aromatic heterocycles. The highest BCUT2D eigenvalue weighted by Gasteiger charge is 2.55. The summed E-state index contributed by atoms with van der Waals surface area (Å²) in [6, 6.07) is 10.4. The van der Waals surface area contributed by atoms with Gasteiger partial charge in [-0.05, 0) is 49.4 Å². The lowest BCUT2D eigenvalue weighted by atomic mass is 10.1. The third-order valence-corrected chi connectivity index (χ3v) is 7.16. The number of sulfonamides is 1. The van der Waals surface area contributed by atoms with Crippen molar-refractivity contribution >= 4 is 45.0 Å². The molecule has 1 atom stereocenters. The number of anilines is 1. The molecule has 1 amide bonds. The number of amides is 1. The number of nitrogens with zero attached hydrogens (tertiary/aromatic N) is 1. The molecule has 0 fully saturated rings. The second-order valence-corrected chi connectivity index (χ2v) is 10.2. The van der Waals surface area contributed by atoms with Crippen molar-refractivity contribution in [1.29, 1.82) is 0 Å². The maximum Gasteiger partial charge on any atom is 0.426 e. The van der Waals surface area contributed by atoms with Gasteiger partial charge >= 0.3 is 6.18 Å². The average Bonchev–Trinajstić information content (AvgIpc) is 2.63. The maximum atomic E-state index is 12.8. The summed E-state index contributed by atoms with van der Waals surface area (Å²) in [6.45, 7) is 0.348. The molecule has 0 heterocycles. The third-order valence-electron chi connectivity index (χ3n) is 4.02. The first-order valence-electron chi connectivity index (χ1n) is 8.27. The summed E-state index contributed by atoms with van der Waals surface area (Å²) in [7, 11) is -0.701. The van der Waals surface area contributed by atoms with Crippen LogP contribution in [0, 0.1) is 0 Å². The Hall–Kier alpha value is -1.79. The number of carbonyl (C=O) groups excluding carboxylic acids is 1. The van der Waals surface area contributed by atoms with Crippen LogP contribution in [0.15, 0.2) is 57.2 Å². The van der Waals surface area contributed by atoms with Crippen molar-refractivity contribution in [1.82, 2.24) is 4.31 Å². The number of nitrogens with one attached hydrogen (secondary N) is 1. The molecule has 0 radical (unpaired) electrons. The topological polar surface area (TPSA) is 86.7 Å². The van der Waals surface area contributed by atoms with Crippen molar-refractivity contribution in [2.24, 2.45) is 0 Å². The Morgan fingerprint density at radius 2 is 1.63 bits per heavy atom. The quantitative estimate of drug-likeness (QED) is 0.650. The number of hydrogen-bond donors (Lipinski definition) is 2. The minimum absolute atomic E-state index is 0.0295. The van der Waals surface area contributed by atoms with Gasteiger partial charge in [-0.25, -0.2) is 12.7 Å². The molecule has 0 bridgehead atoms. The Morgan fingerprint density at radius 3 is 2.10 bits per heavy atom. The molecule has 0 saturated carbocycles. The lowest BCUT2D eigenvalue weighted by Gasteiger charge is -2.25. The lowest BCUT2D eigenvalue weighted by Crippen LogP contribution is -2.52. The largest absolute Gasteiger partial charge is 0.426 e. The first-order valence-corrected chi connectivity index (χ1v) is 10.9. The highest BCUT2D eigenvalue weighted by Crippen LogP contribution is 2.35. The van der Waals surface area contributed by atoms with Crippen LogP contribution in [0.4, 0.5) is 18.9 Å². The fourth-order valence-electron chi connectivity index (χ4n) is 2.06. The van der Waals surface area contributed by atoms with Gasteiger partial charge in [-0.1, -0.05) is 23.4 Å². The fourth-order valence-corrected chi connectivity index (χ4v) is 4.11. The van der Waals surface area contributed by atoms with Crippen molar-refractivity contribution in [3.05, 3.63) is 47.5 Å². The number of hydrogen-bond acceptors (Lipinski definition) is 5. The minimum atomic E-state index is -5.15. The number of alkyl halides is 3. The average molecular weight is 483 g/mol. The van der Waals surface area contributed by atoms with Crippen LogP contribution in [0.25, 0.3) is 0 Å². The Labute approximate surface area is 181 Å². The van der Waals surface area contributed by atoms with Gasteiger partial charge in [0.25, 0.3) is 5.91 Å². The molecule has 1 unspecified atom stereocenters. The summed E-state index contributed by atoms with van der Waals surface area (Å²) < 4.78 is 63.5. The van der Waals surface area contributed by atoms with E-state index in [4.69, 9.17) is 11.6 Å². The van der Waals surface area contributed by atoms with Crippen LogP contribution in [-0.2, 0) is 14.8 Å². The van der Waals surface area contributed by atoms with Crippen LogP contribution < -0.4 is 5.32 Å². The first-order chi connectivity index (χ1) is 13.7. The second kappa shape index (κ2) is 8.75. The zero-order valence-corrected chi connectivity index (χ0v) is 18.4. The van der Waals surface area contributed by atoms with Crippen LogP contribution in [0.3, 0.4) is 0 Å². The summed E-state index contributed by atoms with van der Waals surface area (Å²) in [5, 5.41) is 11.3. The monoisotopic (exact) mass is 482 g/mol. The molecule has 0 aliphatic rings. The van der Waals surface area contributed by atoms with Gasteiger partial charge in [-0.15, -0.1) is 0 Å². The van der Waals surface area contributed by atoms with E-state index in [1.54, 1.807) is 12.1 Å². The Morgan fingerprint density at radius 1 is 1.10 bits per heavy atom. The predicted molar refractivity (Wildman–Crippen MR) is 108 cm³/mol. The van der Waals surface area contributed by atoms with Crippen molar-refractivity contribution in [2.45, 2.75) is 33.4 Å². The minimum Gasteiger partial charge on any atom is -0.373 e. The molecule has 0 aliphatic heterocycles. The van der Waals surface area contributed by atoms with E-state index in [0.717, 1.165) is 4.31 Å². The Balaban J connectivity index is 2.15. The van der Waals surface area contributed by atoms with Gasteiger partial charge < -0.3 is 10.4 Å². The van der Waals surface area contributed by atoms with Crippen LogP contribution in [-0.4, -0.2) is 49.6 Å². The summed E-state index contributed by atoms with van der Waals surface area (Å²) in [5.41, 5.74) is -3.67. The van der Waals surface area contributed by atoms with Crippen molar-refractivity contribution < 1.29 is 31.5 Å². The summed E-state index contributed by atoms with van der Waals surface area (Å²) >= 11 is 7.28. The molecular formula is C18H18ClF3N2O4S2. The lowest BCUT2D eigenvalue weighted by molar-refractivity contribution is -0.242. The van der Waals surface area contributed by atoms with Crippen LogP contribution in [0.1, 0.15) is 6.92 Å². The first kappa shape index (κ1) is 24.5. The summed E-state index contributed by atoms with van der Waals surface area (Å²) in [4.78, 5) is 13.2. The van der Waals surface area contributed by atoms with E-state index >= 15 is 0 Å². The van der Waals surface area contributed by atoms with E-state index in [-0.39, 0.29) is 15.6 Å². The molecule has 2 N–H and O–H groups in total. The molecule has 30 heavy (non-hydrogen) atoms. The van der Waals surface area contributed by atoms with Crippen LogP contribution in [0.5, 0.6) is 0 Å². The molecule has 0 spiro atoms. The Kier molecular flexibility index (Phi) is 7.14. The molecule has 164 valence electrons. The Bertz CT molecular complexity index is 1040. The van der Waals surface area contributed by atoms with Gasteiger partial charge in [0.05, 0.1) is 15.6 Å². The number of carbonyl (C=O) groups is 1. The summed E-state index contributed by atoms with van der Waals surface area (Å²) in [5.74, 6) is -1.66. The van der Waals surface area contributed by atoms with E-state index in [2.05, 4.69) is 0 Å². The fraction of sp³-hybridized carbons (Fsp3) is 0.278. The number of halogens is 4. The van der Waals surface area contributed by atoms with Gasteiger partial charge in [0.1, 0.15) is 0 Å². The van der Waals surface area contributed by atoms with Gasteiger partial charge in [0, 0.05) is 23.9 Å². The van der Waals surface area contributed by atoms with Gasteiger partial charge in [-0.2, -0.15) is 13.2 Å². The van der Waals surface area contributed by atoms with Crippen molar-refractivity contribution in [3.8, 4) is 0 Å². The standard InChI is InChI=1S/C18H18ClF3N2O4S2/c1-17(26,18(20,21)22)16(25)23-15-9-6-12(10-14(15)19)29-11-4-7-13(8-5-11)30(27,28)24(2)3/h4-10,26H,1-3H3,(H,23,25).